The molecular formula is C17H19N5O4. The quantitative estimate of drug-likeness (QED) is 0.678. The molecule has 0 aliphatic rings. The Hall–Kier alpha value is -3.36. The number of H-pyrrole nitrogens is 1. The molecule has 0 aromatic carbocycles. The number of esters is 1. The maximum atomic E-state index is 12.5. The van der Waals surface area contributed by atoms with E-state index in [2.05, 4.69) is 20.4 Å². The lowest BCUT2D eigenvalue weighted by atomic mass is 10.1. The van der Waals surface area contributed by atoms with Crippen molar-refractivity contribution in [1.82, 2.24) is 19.7 Å². The summed E-state index contributed by atoms with van der Waals surface area (Å²) >= 11 is 0. The van der Waals surface area contributed by atoms with E-state index < -0.39 is 11.9 Å². The van der Waals surface area contributed by atoms with Crippen LogP contribution in [0.5, 0.6) is 0 Å². The van der Waals surface area contributed by atoms with Crippen LogP contribution in [0.2, 0.25) is 0 Å². The molecule has 0 saturated heterocycles. The molecule has 3 heterocycles. The van der Waals surface area contributed by atoms with Gasteiger partial charge in [-0.05, 0) is 26.3 Å². The third-order valence-corrected chi connectivity index (χ3v) is 3.94. The Bertz CT molecular complexity index is 966. The fourth-order valence-electron chi connectivity index (χ4n) is 2.71. The van der Waals surface area contributed by atoms with Crippen molar-refractivity contribution < 1.29 is 18.8 Å². The number of ether oxygens (including phenoxy) is 1. The lowest BCUT2D eigenvalue weighted by Gasteiger charge is -2.03. The van der Waals surface area contributed by atoms with Crippen LogP contribution in [-0.4, -0.2) is 38.2 Å². The number of aryl methyl sites for hydroxylation is 2. The van der Waals surface area contributed by atoms with Gasteiger partial charge in [-0.1, -0.05) is 5.16 Å². The molecule has 0 saturated carbocycles. The lowest BCUT2D eigenvalue weighted by molar-refractivity contribution is 0.0525. The number of rotatable bonds is 5. The van der Waals surface area contributed by atoms with E-state index in [1.54, 1.807) is 43.8 Å². The maximum absolute atomic E-state index is 12.5. The summed E-state index contributed by atoms with van der Waals surface area (Å²) in [7, 11) is 1.83. The van der Waals surface area contributed by atoms with E-state index in [-0.39, 0.29) is 18.2 Å². The summed E-state index contributed by atoms with van der Waals surface area (Å²) in [6.45, 7) is 5.39. The molecule has 0 radical (unpaired) electrons. The second kappa shape index (κ2) is 6.87. The van der Waals surface area contributed by atoms with Gasteiger partial charge in [0.15, 0.2) is 11.5 Å². The fraction of sp³-hybridized carbons (Fsp3) is 0.294. The molecule has 3 rings (SSSR count). The first-order valence-electron chi connectivity index (χ1n) is 8.04. The number of amides is 1. The number of aromatic nitrogens is 4. The van der Waals surface area contributed by atoms with Gasteiger partial charge in [0.1, 0.15) is 5.69 Å². The smallest absolute Gasteiger partial charge is 0.340 e. The monoisotopic (exact) mass is 357 g/mol. The van der Waals surface area contributed by atoms with Crippen molar-refractivity contribution in [2.24, 2.45) is 7.05 Å². The van der Waals surface area contributed by atoms with Gasteiger partial charge in [-0.2, -0.15) is 0 Å². The SMILES string of the molecule is CCOC(=O)c1c(C)[nH]c(C(=O)Nc2cc(-c3nccn3C)no2)c1C. The highest BCUT2D eigenvalue weighted by molar-refractivity contribution is 6.06. The first-order chi connectivity index (χ1) is 12.4. The number of anilines is 1. The largest absolute Gasteiger partial charge is 0.462 e. The zero-order valence-electron chi connectivity index (χ0n) is 14.9. The molecule has 3 aromatic heterocycles. The number of nitrogens with zero attached hydrogens (tertiary/aromatic N) is 3. The number of carbonyl (C=O) groups excluding carboxylic acids is 2. The Morgan fingerprint density at radius 1 is 1.38 bits per heavy atom. The zero-order valence-corrected chi connectivity index (χ0v) is 14.9. The van der Waals surface area contributed by atoms with Gasteiger partial charge in [-0.3, -0.25) is 10.1 Å². The molecule has 0 aliphatic carbocycles. The number of carbonyl (C=O) groups is 2. The first-order valence-corrected chi connectivity index (χ1v) is 8.04. The maximum Gasteiger partial charge on any atom is 0.340 e. The minimum atomic E-state index is -0.463. The Morgan fingerprint density at radius 3 is 2.81 bits per heavy atom. The second-order valence-electron chi connectivity index (χ2n) is 5.74. The molecule has 0 unspecified atom stereocenters. The molecule has 26 heavy (non-hydrogen) atoms. The normalized spacial score (nSPS) is 10.8. The Kier molecular flexibility index (Phi) is 4.61. The van der Waals surface area contributed by atoms with Crippen LogP contribution in [0.1, 0.15) is 39.0 Å². The van der Waals surface area contributed by atoms with Crippen LogP contribution in [-0.2, 0) is 11.8 Å². The van der Waals surface area contributed by atoms with Gasteiger partial charge in [0.05, 0.1) is 12.2 Å². The minimum absolute atomic E-state index is 0.178. The topological polar surface area (TPSA) is 115 Å². The molecule has 1 amide bonds. The summed E-state index contributed by atoms with van der Waals surface area (Å²) in [6, 6.07) is 1.58. The third-order valence-electron chi connectivity index (χ3n) is 3.94. The summed E-state index contributed by atoms with van der Waals surface area (Å²) in [5, 5.41) is 6.53. The van der Waals surface area contributed by atoms with Gasteiger partial charge in [0.25, 0.3) is 5.91 Å². The lowest BCUT2D eigenvalue weighted by Crippen LogP contribution is -2.13. The Labute approximate surface area is 149 Å². The molecule has 0 fully saturated rings. The molecule has 2 N–H and O–H groups in total. The number of hydrogen-bond acceptors (Lipinski definition) is 6. The molecule has 0 atom stereocenters. The van der Waals surface area contributed by atoms with Crippen LogP contribution < -0.4 is 5.32 Å². The van der Waals surface area contributed by atoms with E-state index in [1.165, 1.54) is 0 Å². The van der Waals surface area contributed by atoms with E-state index >= 15 is 0 Å². The summed E-state index contributed by atoms with van der Waals surface area (Å²) < 4.78 is 12.0. The summed E-state index contributed by atoms with van der Waals surface area (Å²) in [4.78, 5) is 31.7. The van der Waals surface area contributed by atoms with Gasteiger partial charge in [0.2, 0.25) is 5.88 Å². The van der Waals surface area contributed by atoms with Crippen LogP contribution in [0.15, 0.2) is 23.0 Å². The van der Waals surface area contributed by atoms with Gasteiger partial charge < -0.3 is 18.8 Å². The fourth-order valence-corrected chi connectivity index (χ4v) is 2.71. The van der Waals surface area contributed by atoms with Gasteiger partial charge in [0, 0.05) is 31.2 Å². The predicted octanol–water partition coefficient (Wildman–Crippen LogP) is 2.45. The van der Waals surface area contributed by atoms with Crippen LogP contribution in [0.25, 0.3) is 11.5 Å². The number of nitrogens with one attached hydrogen (secondary N) is 2. The van der Waals surface area contributed by atoms with Crippen LogP contribution in [0.4, 0.5) is 5.88 Å². The van der Waals surface area contributed by atoms with Crippen molar-refractivity contribution in [3.63, 3.8) is 0 Å². The number of hydrogen-bond donors (Lipinski definition) is 2. The van der Waals surface area contributed by atoms with Crippen LogP contribution >= 0.6 is 0 Å². The molecule has 0 aliphatic heterocycles. The van der Waals surface area contributed by atoms with E-state index in [1.807, 2.05) is 7.05 Å². The van der Waals surface area contributed by atoms with E-state index in [9.17, 15) is 9.59 Å². The minimum Gasteiger partial charge on any atom is -0.462 e. The predicted molar refractivity (Wildman–Crippen MR) is 92.9 cm³/mol. The molecule has 136 valence electrons. The zero-order chi connectivity index (χ0) is 18.8. The van der Waals surface area contributed by atoms with Gasteiger partial charge in [-0.15, -0.1) is 0 Å². The van der Waals surface area contributed by atoms with E-state index in [0.29, 0.717) is 28.3 Å². The van der Waals surface area contributed by atoms with Gasteiger partial charge >= 0.3 is 5.97 Å². The molecule has 9 nitrogen and oxygen atoms in total. The van der Waals surface area contributed by atoms with E-state index in [4.69, 9.17) is 9.26 Å². The molecule has 0 bridgehead atoms. The Morgan fingerprint density at radius 2 is 2.15 bits per heavy atom. The highest BCUT2D eigenvalue weighted by atomic mass is 16.5. The van der Waals surface area contributed by atoms with Crippen molar-refractivity contribution in [2.45, 2.75) is 20.8 Å². The second-order valence-corrected chi connectivity index (χ2v) is 5.74. The first kappa shape index (κ1) is 17.5. The highest BCUT2D eigenvalue weighted by Gasteiger charge is 2.23. The Balaban J connectivity index is 1.81. The summed E-state index contributed by atoms with van der Waals surface area (Å²) in [5.41, 5.74) is 2.21. The van der Waals surface area contributed by atoms with Crippen LogP contribution in [0.3, 0.4) is 0 Å². The van der Waals surface area contributed by atoms with Crippen molar-refractivity contribution in [3.8, 4) is 11.5 Å². The van der Waals surface area contributed by atoms with Gasteiger partial charge in [-0.25, -0.2) is 9.78 Å². The van der Waals surface area contributed by atoms with Crippen LogP contribution in [0, 0.1) is 13.8 Å². The number of aromatic amines is 1. The van der Waals surface area contributed by atoms with Crippen molar-refractivity contribution in [2.75, 3.05) is 11.9 Å². The summed E-state index contributed by atoms with van der Waals surface area (Å²) in [6.07, 6.45) is 3.43. The average Bonchev–Trinajstić information content (AvgIpc) is 3.27. The third kappa shape index (κ3) is 3.10. The molecule has 0 spiro atoms. The molecule has 3 aromatic rings. The van der Waals surface area contributed by atoms with Crippen molar-refractivity contribution in [1.29, 1.82) is 0 Å². The highest BCUT2D eigenvalue weighted by Crippen LogP contribution is 2.22. The average molecular weight is 357 g/mol. The van der Waals surface area contributed by atoms with Crippen molar-refractivity contribution in [3.05, 3.63) is 41.0 Å². The standard InChI is InChI=1S/C17H19N5O4/c1-5-25-17(24)13-9(2)14(19-10(13)3)16(23)20-12-8-11(21-26-12)15-18-6-7-22(15)4/h6-8,19H,5H2,1-4H3,(H,20,23). The molecule has 9 heteroatoms. The molecular weight excluding hydrogens is 338 g/mol. The summed E-state index contributed by atoms with van der Waals surface area (Å²) in [5.74, 6) is -0.110. The van der Waals surface area contributed by atoms with E-state index in [0.717, 1.165) is 0 Å². The number of imidazole rings is 1. The van der Waals surface area contributed by atoms with Crippen molar-refractivity contribution >= 4 is 17.8 Å².